The fourth-order valence-corrected chi connectivity index (χ4v) is 2.07. The summed E-state index contributed by atoms with van der Waals surface area (Å²) in [6.07, 6.45) is 0. The van der Waals surface area contributed by atoms with Crippen molar-refractivity contribution >= 4 is 11.6 Å². The van der Waals surface area contributed by atoms with Crippen molar-refractivity contribution in [2.24, 2.45) is 10.7 Å². The summed E-state index contributed by atoms with van der Waals surface area (Å²) in [4.78, 5) is 6.77. The van der Waals surface area contributed by atoms with E-state index < -0.39 is 0 Å². The van der Waals surface area contributed by atoms with Crippen molar-refractivity contribution in [3.8, 4) is 0 Å². The van der Waals surface area contributed by atoms with Crippen LogP contribution in [0.3, 0.4) is 0 Å². The first-order chi connectivity index (χ1) is 9.25. The van der Waals surface area contributed by atoms with Crippen LogP contribution in [0.2, 0.25) is 0 Å². The standard InChI is InChI=1S/C14H22N4O/c1-12(18-7-9-19-10-8-18)11-16-14(15)17-13-5-3-2-4-6-13/h2-6,12H,7-11H2,1H3,(H3,15,16,17)/t12-/m0/s1. The second-order valence-corrected chi connectivity index (χ2v) is 4.71. The van der Waals surface area contributed by atoms with Gasteiger partial charge in [0.2, 0.25) is 0 Å². The lowest BCUT2D eigenvalue weighted by Gasteiger charge is -2.31. The molecule has 1 aromatic rings. The molecule has 5 nitrogen and oxygen atoms in total. The minimum atomic E-state index is 0.389. The molecule has 1 heterocycles. The van der Waals surface area contributed by atoms with E-state index in [1.807, 2.05) is 30.3 Å². The predicted octanol–water partition coefficient (Wildman–Crippen LogP) is 1.13. The third kappa shape index (κ3) is 4.54. The Morgan fingerprint density at radius 2 is 2.05 bits per heavy atom. The predicted molar refractivity (Wildman–Crippen MR) is 78.4 cm³/mol. The van der Waals surface area contributed by atoms with Crippen LogP contribution in [0.5, 0.6) is 0 Å². The monoisotopic (exact) mass is 262 g/mol. The number of rotatable bonds is 4. The molecule has 0 amide bonds. The third-order valence-corrected chi connectivity index (χ3v) is 3.24. The Kier molecular flexibility index (Phi) is 5.18. The molecular weight excluding hydrogens is 240 g/mol. The summed E-state index contributed by atoms with van der Waals surface area (Å²) in [6.45, 7) is 6.44. The lowest BCUT2D eigenvalue weighted by atomic mass is 10.2. The van der Waals surface area contributed by atoms with Crippen LogP contribution in [-0.2, 0) is 4.74 Å². The lowest BCUT2D eigenvalue weighted by Crippen LogP contribution is -2.43. The molecule has 0 aliphatic carbocycles. The van der Waals surface area contributed by atoms with Crippen LogP contribution in [-0.4, -0.2) is 49.7 Å². The molecule has 0 spiro atoms. The Hall–Kier alpha value is -1.59. The molecule has 1 aliphatic rings. The number of guanidine groups is 1. The largest absolute Gasteiger partial charge is 0.379 e. The zero-order chi connectivity index (χ0) is 13.5. The molecule has 1 atom stereocenters. The third-order valence-electron chi connectivity index (χ3n) is 3.24. The van der Waals surface area contributed by atoms with Gasteiger partial charge in [0.1, 0.15) is 0 Å². The molecule has 1 aliphatic heterocycles. The second-order valence-electron chi connectivity index (χ2n) is 4.71. The number of nitrogens with zero attached hydrogens (tertiary/aromatic N) is 2. The van der Waals surface area contributed by atoms with Gasteiger partial charge in [-0.3, -0.25) is 9.89 Å². The van der Waals surface area contributed by atoms with Crippen molar-refractivity contribution in [2.45, 2.75) is 13.0 Å². The fourth-order valence-electron chi connectivity index (χ4n) is 2.07. The Morgan fingerprint density at radius 3 is 2.74 bits per heavy atom. The van der Waals surface area contributed by atoms with E-state index in [1.54, 1.807) is 0 Å². The maximum Gasteiger partial charge on any atom is 0.193 e. The van der Waals surface area contributed by atoms with Crippen molar-refractivity contribution in [3.63, 3.8) is 0 Å². The van der Waals surface area contributed by atoms with Crippen molar-refractivity contribution in [1.82, 2.24) is 4.90 Å². The molecule has 1 aromatic carbocycles. The number of aliphatic imine (C=N–C) groups is 1. The summed E-state index contributed by atoms with van der Waals surface area (Å²) < 4.78 is 5.34. The SMILES string of the molecule is C[C@@H](CN=C(N)Nc1ccccc1)N1CCOCC1. The van der Waals surface area contributed by atoms with Crippen LogP contribution in [0.15, 0.2) is 35.3 Å². The second kappa shape index (κ2) is 7.11. The van der Waals surface area contributed by atoms with E-state index in [9.17, 15) is 0 Å². The van der Waals surface area contributed by atoms with Gasteiger partial charge in [0.15, 0.2) is 5.96 Å². The molecule has 5 heteroatoms. The molecule has 0 bridgehead atoms. The first kappa shape index (κ1) is 13.8. The number of hydrogen-bond acceptors (Lipinski definition) is 3. The van der Waals surface area contributed by atoms with Gasteiger partial charge >= 0.3 is 0 Å². The summed E-state index contributed by atoms with van der Waals surface area (Å²) in [6, 6.07) is 10.2. The Labute approximate surface area is 114 Å². The Bertz CT molecular complexity index is 401. The number of morpholine rings is 1. The lowest BCUT2D eigenvalue weighted by molar-refractivity contribution is 0.0221. The highest BCUT2D eigenvalue weighted by Gasteiger charge is 2.16. The van der Waals surface area contributed by atoms with Gasteiger partial charge in [0, 0.05) is 24.8 Å². The van der Waals surface area contributed by atoms with Gasteiger partial charge in [-0.15, -0.1) is 0 Å². The van der Waals surface area contributed by atoms with Crippen LogP contribution in [0.1, 0.15) is 6.92 Å². The number of nitrogens with one attached hydrogen (secondary N) is 1. The topological polar surface area (TPSA) is 62.9 Å². The van der Waals surface area contributed by atoms with E-state index in [0.717, 1.165) is 32.0 Å². The number of para-hydroxylation sites is 1. The first-order valence-electron chi connectivity index (χ1n) is 6.69. The first-order valence-corrected chi connectivity index (χ1v) is 6.69. The molecule has 3 N–H and O–H groups in total. The molecule has 0 aromatic heterocycles. The highest BCUT2D eigenvalue weighted by molar-refractivity contribution is 5.92. The number of hydrogen-bond donors (Lipinski definition) is 2. The van der Waals surface area contributed by atoms with Gasteiger partial charge < -0.3 is 15.8 Å². The normalized spacial score (nSPS) is 19.1. The van der Waals surface area contributed by atoms with E-state index in [4.69, 9.17) is 10.5 Å². The summed E-state index contributed by atoms with van der Waals surface area (Å²) in [5.41, 5.74) is 6.84. The van der Waals surface area contributed by atoms with Crippen LogP contribution in [0.4, 0.5) is 5.69 Å². The number of nitrogens with two attached hydrogens (primary N) is 1. The van der Waals surface area contributed by atoms with Crippen LogP contribution in [0, 0.1) is 0 Å². The maximum absolute atomic E-state index is 5.88. The van der Waals surface area contributed by atoms with E-state index in [1.165, 1.54) is 0 Å². The van der Waals surface area contributed by atoms with E-state index in [0.29, 0.717) is 18.5 Å². The Morgan fingerprint density at radius 1 is 1.37 bits per heavy atom. The average molecular weight is 262 g/mol. The van der Waals surface area contributed by atoms with Gasteiger partial charge in [-0.05, 0) is 19.1 Å². The summed E-state index contributed by atoms with van der Waals surface area (Å²) >= 11 is 0. The van der Waals surface area contributed by atoms with E-state index in [2.05, 4.69) is 22.1 Å². The molecule has 104 valence electrons. The van der Waals surface area contributed by atoms with Crippen LogP contribution in [0.25, 0.3) is 0 Å². The van der Waals surface area contributed by atoms with Crippen molar-refractivity contribution in [2.75, 3.05) is 38.2 Å². The van der Waals surface area contributed by atoms with Gasteiger partial charge in [-0.1, -0.05) is 18.2 Å². The quantitative estimate of drug-likeness (QED) is 0.631. The minimum absolute atomic E-state index is 0.389. The zero-order valence-electron chi connectivity index (χ0n) is 11.4. The minimum Gasteiger partial charge on any atom is -0.379 e. The smallest absolute Gasteiger partial charge is 0.193 e. The van der Waals surface area contributed by atoms with Gasteiger partial charge in [-0.2, -0.15) is 0 Å². The summed E-state index contributed by atoms with van der Waals surface area (Å²) in [5, 5.41) is 3.08. The highest BCUT2D eigenvalue weighted by atomic mass is 16.5. The molecule has 0 saturated carbocycles. The highest BCUT2D eigenvalue weighted by Crippen LogP contribution is 2.05. The Balaban J connectivity index is 1.80. The maximum atomic E-state index is 5.88. The summed E-state index contributed by atoms with van der Waals surface area (Å²) in [5.74, 6) is 0.464. The van der Waals surface area contributed by atoms with E-state index in [-0.39, 0.29) is 0 Å². The van der Waals surface area contributed by atoms with E-state index >= 15 is 0 Å². The molecular formula is C14H22N4O. The van der Waals surface area contributed by atoms with Crippen molar-refractivity contribution < 1.29 is 4.74 Å². The average Bonchev–Trinajstić information content (AvgIpc) is 2.47. The number of anilines is 1. The van der Waals surface area contributed by atoms with Crippen molar-refractivity contribution in [1.29, 1.82) is 0 Å². The number of benzene rings is 1. The molecule has 19 heavy (non-hydrogen) atoms. The van der Waals surface area contributed by atoms with Crippen molar-refractivity contribution in [3.05, 3.63) is 30.3 Å². The van der Waals surface area contributed by atoms with Gasteiger partial charge in [0.05, 0.1) is 19.8 Å². The summed E-state index contributed by atoms with van der Waals surface area (Å²) in [7, 11) is 0. The van der Waals surface area contributed by atoms with Crippen LogP contribution < -0.4 is 11.1 Å². The molecule has 2 rings (SSSR count). The zero-order valence-corrected chi connectivity index (χ0v) is 11.4. The fraction of sp³-hybridized carbons (Fsp3) is 0.500. The van der Waals surface area contributed by atoms with Gasteiger partial charge in [0.25, 0.3) is 0 Å². The molecule has 0 unspecified atom stereocenters. The molecule has 1 fully saturated rings. The molecule has 1 saturated heterocycles. The van der Waals surface area contributed by atoms with Gasteiger partial charge in [-0.25, -0.2) is 0 Å². The van der Waals surface area contributed by atoms with Crippen LogP contribution >= 0.6 is 0 Å². The molecule has 0 radical (unpaired) electrons. The number of ether oxygens (including phenoxy) is 1.